The van der Waals surface area contributed by atoms with Crippen molar-refractivity contribution in [3.05, 3.63) is 30.1 Å². The number of aromatic nitrogens is 1. The Balaban J connectivity index is 2.22. The van der Waals surface area contributed by atoms with Crippen LogP contribution in [-0.4, -0.2) is 23.6 Å². The van der Waals surface area contributed by atoms with Gasteiger partial charge in [-0.1, -0.05) is 18.3 Å². The molecule has 0 saturated heterocycles. The van der Waals surface area contributed by atoms with Crippen LogP contribution in [0.5, 0.6) is 0 Å². The second-order valence-corrected chi connectivity index (χ2v) is 5.83. The van der Waals surface area contributed by atoms with E-state index in [0.717, 1.165) is 36.7 Å². The van der Waals surface area contributed by atoms with E-state index >= 15 is 0 Å². The third-order valence-corrected chi connectivity index (χ3v) is 5.00. The summed E-state index contributed by atoms with van der Waals surface area (Å²) in [5.41, 5.74) is 6.90. The highest BCUT2D eigenvalue weighted by Crippen LogP contribution is 2.42. The molecule has 0 amide bonds. The molecule has 0 aliphatic heterocycles. The van der Waals surface area contributed by atoms with Crippen LogP contribution in [0.25, 0.3) is 0 Å². The second kappa shape index (κ2) is 6.44. The molecule has 1 aromatic rings. The van der Waals surface area contributed by atoms with E-state index in [1.165, 1.54) is 18.4 Å². The Morgan fingerprint density at radius 2 is 2.26 bits per heavy atom. The van der Waals surface area contributed by atoms with Crippen molar-refractivity contribution in [1.82, 2.24) is 10.3 Å². The molecule has 0 radical (unpaired) electrons. The summed E-state index contributed by atoms with van der Waals surface area (Å²) in [6, 6.07) is 4.15. The van der Waals surface area contributed by atoms with Crippen molar-refractivity contribution in [3.8, 4) is 0 Å². The summed E-state index contributed by atoms with van der Waals surface area (Å²) in [7, 11) is 1.92. The first-order valence-corrected chi connectivity index (χ1v) is 7.46. The van der Waals surface area contributed by atoms with E-state index in [0.29, 0.717) is 0 Å². The van der Waals surface area contributed by atoms with Gasteiger partial charge in [-0.25, -0.2) is 0 Å². The van der Waals surface area contributed by atoms with Crippen molar-refractivity contribution in [3.63, 3.8) is 0 Å². The van der Waals surface area contributed by atoms with Gasteiger partial charge in [-0.05, 0) is 56.2 Å². The third kappa shape index (κ3) is 2.95. The molecule has 104 valence electrons. The van der Waals surface area contributed by atoms with Gasteiger partial charge in [0, 0.05) is 24.9 Å². The number of hydrogen-bond donors (Lipinski definition) is 2. The quantitative estimate of drug-likeness (QED) is 0.830. The number of hydrogen-bond acceptors (Lipinski definition) is 3. The van der Waals surface area contributed by atoms with Gasteiger partial charge in [0.05, 0.1) is 4.99 Å². The van der Waals surface area contributed by atoms with Crippen LogP contribution in [0.1, 0.15) is 37.7 Å². The highest BCUT2D eigenvalue weighted by atomic mass is 32.1. The molecule has 1 heterocycles. The largest absolute Gasteiger partial charge is 0.382 e. The molecule has 0 aromatic carbocycles. The van der Waals surface area contributed by atoms with Crippen LogP contribution in [0.4, 0.5) is 0 Å². The molecule has 3 N–H and O–H groups in total. The molecule has 19 heavy (non-hydrogen) atoms. The smallest absolute Gasteiger partial charge is 0.0858 e. The summed E-state index contributed by atoms with van der Waals surface area (Å²) in [6.45, 7) is 0.793. The molecule has 0 bridgehead atoms. The SMILES string of the molecule is CNC(=S)C1(c2cccnc2)CCC(CCN)CC1. The molecule has 1 aromatic heterocycles. The fourth-order valence-electron chi connectivity index (χ4n) is 3.23. The van der Waals surface area contributed by atoms with Crippen molar-refractivity contribution in [2.24, 2.45) is 11.7 Å². The summed E-state index contributed by atoms with van der Waals surface area (Å²) < 4.78 is 0. The summed E-state index contributed by atoms with van der Waals surface area (Å²) in [4.78, 5) is 5.22. The Kier molecular flexibility index (Phi) is 4.88. The van der Waals surface area contributed by atoms with Gasteiger partial charge in [0.2, 0.25) is 0 Å². The number of nitrogens with two attached hydrogens (primary N) is 1. The van der Waals surface area contributed by atoms with E-state index < -0.39 is 0 Å². The molecular formula is C15H23N3S. The molecule has 1 saturated carbocycles. The zero-order chi connectivity index (χ0) is 13.7. The van der Waals surface area contributed by atoms with Crippen LogP contribution in [0.15, 0.2) is 24.5 Å². The molecule has 3 nitrogen and oxygen atoms in total. The lowest BCUT2D eigenvalue weighted by molar-refractivity contribution is 0.276. The van der Waals surface area contributed by atoms with Crippen molar-refractivity contribution < 1.29 is 0 Å². The van der Waals surface area contributed by atoms with Gasteiger partial charge in [-0.2, -0.15) is 0 Å². The van der Waals surface area contributed by atoms with Gasteiger partial charge in [0.15, 0.2) is 0 Å². The number of thiocarbonyl (C=S) groups is 1. The van der Waals surface area contributed by atoms with Crippen molar-refractivity contribution in [2.75, 3.05) is 13.6 Å². The third-order valence-electron chi connectivity index (χ3n) is 4.41. The maximum absolute atomic E-state index is 5.68. The molecule has 0 unspecified atom stereocenters. The van der Waals surface area contributed by atoms with Gasteiger partial charge in [-0.15, -0.1) is 0 Å². The summed E-state index contributed by atoms with van der Waals surface area (Å²) in [6.07, 6.45) is 9.52. The average molecular weight is 277 g/mol. The van der Waals surface area contributed by atoms with E-state index in [1.807, 2.05) is 25.5 Å². The maximum Gasteiger partial charge on any atom is 0.0858 e. The summed E-state index contributed by atoms with van der Waals surface area (Å²) >= 11 is 5.61. The van der Waals surface area contributed by atoms with E-state index in [1.54, 1.807) is 0 Å². The Morgan fingerprint density at radius 3 is 2.79 bits per heavy atom. The van der Waals surface area contributed by atoms with Crippen LogP contribution in [-0.2, 0) is 5.41 Å². The van der Waals surface area contributed by atoms with Crippen LogP contribution in [0.2, 0.25) is 0 Å². The highest BCUT2D eigenvalue weighted by molar-refractivity contribution is 7.80. The molecule has 1 fully saturated rings. The minimum absolute atomic E-state index is 0.0244. The van der Waals surface area contributed by atoms with Crippen LogP contribution >= 0.6 is 12.2 Å². The Morgan fingerprint density at radius 1 is 1.53 bits per heavy atom. The number of pyridine rings is 1. The Bertz CT molecular complexity index is 411. The molecule has 1 aliphatic rings. The zero-order valence-corrected chi connectivity index (χ0v) is 12.4. The Labute approximate surface area is 121 Å². The normalized spacial score (nSPS) is 26.9. The zero-order valence-electron chi connectivity index (χ0n) is 11.6. The summed E-state index contributed by atoms with van der Waals surface area (Å²) in [5.74, 6) is 0.759. The average Bonchev–Trinajstić information content (AvgIpc) is 2.48. The number of nitrogens with zero attached hydrogens (tertiary/aromatic N) is 1. The van der Waals surface area contributed by atoms with Gasteiger partial charge in [0.1, 0.15) is 0 Å². The number of likely N-dealkylation sites (N-methyl/N-ethyl adjacent to an activating group) is 1. The van der Waals surface area contributed by atoms with E-state index in [4.69, 9.17) is 18.0 Å². The fourth-order valence-corrected chi connectivity index (χ4v) is 3.55. The van der Waals surface area contributed by atoms with Crippen molar-refractivity contribution in [1.29, 1.82) is 0 Å². The van der Waals surface area contributed by atoms with Gasteiger partial charge in [-0.3, -0.25) is 4.98 Å². The lowest BCUT2D eigenvalue weighted by Crippen LogP contribution is -2.44. The monoisotopic (exact) mass is 277 g/mol. The topological polar surface area (TPSA) is 50.9 Å². The first kappa shape index (κ1) is 14.4. The summed E-state index contributed by atoms with van der Waals surface area (Å²) in [5, 5.41) is 3.20. The lowest BCUT2D eigenvalue weighted by atomic mass is 9.66. The van der Waals surface area contributed by atoms with Crippen LogP contribution in [0.3, 0.4) is 0 Å². The van der Waals surface area contributed by atoms with Gasteiger partial charge in [0.25, 0.3) is 0 Å². The van der Waals surface area contributed by atoms with Crippen LogP contribution in [0, 0.1) is 5.92 Å². The van der Waals surface area contributed by atoms with E-state index in [-0.39, 0.29) is 5.41 Å². The standard InChI is InChI=1S/C15H23N3S/c1-17-14(19)15(13-3-2-10-18-11-13)7-4-12(5-8-15)6-9-16/h2-3,10-12H,4-9,16H2,1H3,(H,17,19). The Hall–Kier alpha value is -1.00. The molecule has 0 atom stereocenters. The van der Waals surface area contributed by atoms with Crippen molar-refractivity contribution in [2.45, 2.75) is 37.5 Å². The van der Waals surface area contributed by atoms with Gasteiger partial charge >= 0.3 is 0 Å². The van der Waals surface area contributed by atoms with Crippen molar-refractivity contribution >= 4 is 17.2 Å². The predicted octanol–water partition coefficient (Wildman–Crippen LogP) is 2.41. The molecule has 4 heteroatoms. The minimum atomic E-state index is -0.0244. The minimum Gasteiger partial charge on any atom is -0.382 e. The maximum atomic E-state index is 5.68. The fraction of sp³-hybridized carbons (Fsp3) is 0.600. The van der Waals surface area contributed by atoms with E-state index in [9.17, 15) is 0 Å². The van der Waals surface area contributed by atoms with E-state index in [2.05, 4.69) is 16.4 Å². The second-order valence-electron chi connectivity index (χ2n) is 5.42. The first-order valence-electron chi connectivity index (χ1n) is 7.05. The lowest BCUT2D eigenvalue weighted by Gasteiger charge is -2.40. The molecule has 2 rings (SSSR count). The molecular weight excluding hydrogens is 254 g/mol. The molecule has 0 spiro atoms. The molecule has 1 aliphatic carbocycles. The first-order chi connectivity index (χ1) is 9.23. The predicted molar refractivity (Wildman–Crippen MR) is 83.2 cm³/mol. The number of nitrogens with one attached hydrogen (secondary N) is 1. The highest BCUT2D eigenvalue weighted by Gasteiger charge is 2.40. The number of rotatable bonds is 4. The van der Waals surface area contributed by atoms with Crippen LogP contribution < -0.4 is 11.1 Å². The van der Waals surface area contributed by atoms with Gasteiger partial charge < -0.3 is 11.1 Å².